The van der Waals surface area contributed by atoms with E-state index in [1.807, 2.05) is 66.9 Å². The number of carbonyl (C=O) groups excluding carboxylic acids is 1. The molecule has 11 heteroatoms. The normalized spacial score (nSPS) is 22.2. The first kappa shape index (κ1) is 32.0. The van der Waals surface area contributed by atoms with Crippen LogP contribution in [-0.2, 0) is 6.61 Å². The Hall–Kier alpha value is -4.25. The predicted molar refractivity (Wildman–Crippen MR) is 191 cm³/mol. The van der Waals surface area contributed by atoms with E-state index in [4.69, 9.17) is 24.5 Å². The summed E-state index contributed by atoms with van der Waals surface area (Å²) < 4.78 is 17.1. The number of nitrogens with zero attached hydrogens (tertiary/aromatic N) is 5. The number of hydrogen-bond acceptors (Lipinski definition) is 9. The zero-order valence-corrected chi connectivity index (χ0v) is 29.2. The number of fused-ring (bicyclic) bond motifs is 6. The highest BCUT2D eigenvalue weighted by Crippen LogP contribution is 2.65. The van der Waals surface area contributed by atoms with Crippen LogP contribution in [0.3, 0.4) is 0 Å². The molecule has 8 rings (SSSR count). The highest BCUT2D eigenvalue weighted by molar-refractivity contribution is 7.98. The minimum Gasteiger partial charge on any atom is -0.486 e. The zero-order chi connectivity index (χ0) is 33.4. The number of anilines is 2. The quantitative estimate of drug-likeness (QED) is 0.184. The SMILES string of the molecule is CC1(C)C[C@@H]2CCCNc3ccc(OCc4ccccc4)c(n3)SNC(=O)c3ccc(-n4ccc(OCCC5CCC56CC6)n4)nc3N1C2. The van der Waals surface area contributed by atoms with Gasteiger partial charge in [0.15, 0.2) is 16.6 Å². The number of ether oxygens (including phenoxy) is 2. The average Bonchev–Trinajstić information content (AvgIpc) is 3.72. The minimum absolute atomic E-state index is 0.175. The summed E-state index contributed by atoms with van der Waals surface area (Å²) in [7, 11) is 0. The average molecular weight is 680 g/mol. The first-order valence-electron chi connectivity index (χ1n) is 17.7. The van der Waals surface area contributed by atoms with Crippen molar-refractivity contribution in [2.45, 2.75) is 82.4 Å². The third-order valence-electron chi connectivity index (χ3n) is 11.0. The molecule has 1 aromatic carbocycles. The maximum absolute atomic E-state index is 14.0. The molecule has 2 N–H and O–H groups in total. The monoisotopic (exact) mass is 679 g/mol. The summed E-state index contributed by atoms with van der Waals surface area (Å²) in [6.45, 7) is 7.23. The molecule has 2 saturated carbocycles. The fourth-order valence-electron chi connectivity index (χ4n) is 7.95. The molecule has 1 saturated heterocycles. The van der Waals surface area contributed by atoms with E-state index in [9.17, 15) is 4.79 Å². The van der Waals surface area contributed by atoms with Gasteiger partial charge in [-0.2, -0.15) is 0 Å². The van der Waals surface area contributed by atoms with Gasteiger partial charge in [0.2, 0.25) is 5.88 Å². The predicted octanol–water partition coefficient (Wildman–Crippen LogP) is 7.45. The summed E-state index contributed by atoms with van der Waals surface area (Å²) >= 11 is 1.16. The lowest BCUT2D eigenvalue weighted by Gasteiger charge is -2.37. The van der Waals surface area contributed by atoms with E-state index in [0.717, 1.165) is 68.0 Å². The standard InChI is InChI=1S/C38H45N7O3S/c1-37(2)23-27-9-6-20-39-31-12-11-30(48-25-26-7-4-3-5-8-26)36(40-31)49-43-35(46)29-10-13-32(41-34(29)44(37)24-27)45-21-15-33(42-45)47-22-16-28-14-17-38(28)18-19-38/h3-5,7-8,10-13,15,21,27-28H,6,9,14,16-20,22-25H2,1-2H3,(H,39,40)(H,43,46)/t27-,28?/m0/s1. The molecule has 2 aliphatic heterocycles. The van der Waals surface area contributed by atoms with Gasteiger partial charge in [-0.15, -0.1) is 5.10 Å². The van der Waals surface area contributed by atoms with E-state index in [1.165, 1.54) is 25.7 Å². The molecule has 10 nitrogen and oxygen atoms in total. The molecular formula is C38H45N7O3S. The van der Waals surface area contributed by atoms with Crippen LogP contribution < -0.4 is 24.4 Å². The van der Waals surface area contributed by atoms with Gasteiger partial charge in [0.1, 0.15) is 18.2 Å². The molecule has 4 aromatic rings. The zero-order valence-electron chi connectivity index (χ0n) is 28.4. The number of hydrogen-bond donors (Lipinski definition) is 2. The number of pyridine rings is 2. The van der Waals surface area contributed by atoms with Crippen LogP contribution in [-0.4, -0.2) is 50.9 Å². The van der Waals surface area contributed by atoms with Crippen molar-refractivity contribution in [1.29, 1.82) is 0 Å². The summed E-state index contributed by atoms with van der Waals surface area (Å²) in [5.74, 6) is 4.33. The van der Waals surface area contributed by atoms with Crippen molar-refractivity contribution in [2.24, 2.45) is 17.3 Å². The molecule has 49 heavy (non-hydrogen) atoms. The van der Waals surface area contributed by atoms with Crippen LogP contribution in [0, 0.1) is 17.3 Å². The fourth-order valence-corrected chi connectivity index (χ4v) is 8.62. The number of rotatable bonds is 8. The Morgan fingerprint density at radius 1 is 0.980 bits per heavy atom. The first-order valence-corrected chi connectivity index (χ1v) is 18.5. The molecule has 3 aromatic heterocycles. The lowest BCUT2D eigenvalue weighted by molar-refractivity contribution is 0.0984. The van der Waals surface area contributed by atoms with E-state index in [1.54, 1.807) is 4.68 Å². The second-order valence-electron chi connectivity index (χ2n) is 14.7. The smallest absolute Gasteiger partial charge is 0.265 e. The van der Waals surface area contributed by atoms with Crippen LogP contribution in [0.4, 0.5) is 11.6 Å². The van der Waals surface area contributed by atoms with Crippen LogP contribution in [0.15, 0.2) is 71.9 Å². The van der Waals surface area contributed by atoms with Crippen molar-refractivity contribution in [3.63, 3.8) is 0 Å². The molecule has 2 aliphatic carbocycles. The van der Waals surface area contributed by atoms with Gasteiger partial charge in [-0.3, -0.25) is 9.52 Å². The molecule has 4 aliphatic rings. The van der Waals surface area contributed by atoms with Gasteiger partial charge in [-0.25, -0.2) is 14.6 Å². The van der Waals surface area contributed by atoms with Crippen molar-refractivity contribution in [3.05, 3.63) is 78.0 Å². The van der Waals surface area contributed by atoms with Gasteiger partial charge < -0.3 is 19.7 Å². The van der Waals surface area contributed by atoms with E-state index >= 15 is 0 Å². The number of amides is 1. The molecule has 0 radical (unpaired) electrons. The first-order chi connectivity index (χ1) is 23.9. The fraction of sp³-hybridized carbons (Fsp3) is 0.474. The number of nitrogens with one attached hydrogen (secondary N) is 2. The number of benzene rings is 1. The summed E-state index contributed by atoms with van der Waals surface area (Å²) in [4.78, 5) is 26.3. The Labute approximate surface area is 292 Å². The highest BCUT2D eigenvalue weighted by Gasteiger charge is 2.54. The molecule has 1 unspecified atom stereocenters. The Morgan fingerprint density at radius 3 is 2.67 bits per heavy atom. The lowest BCUT2D eigenvalue weighted by atomic mass is 9.69. The van der Waals surface area contributed by atoms with E-state index in [0.29, 0.717) is 58.4 Å². The molecule has 4 bridgehead atoms. The molecule has 256 valence electrons. The Morgan fingerprint density at radius 2 is 1.86 bits per heavy atom. The van der Waals surface area contributed by atoms with Crippen molar-refractivity contribution in [1.82, 2.24) is 24.5 Å². The molecule has 2 atom stereocenters. The molecule has 5 heterocycles. The van der Waals surface area contributed by atoms with Gasteiger partial charge in [0.25, 0.3) is 5.91 Å². The summed E-state index contributed by atoms with van der Waals surface area (Å²) in [6, 6.07) is 19.5. The van der Waals surface area contributed by atoms with Crippen LogP contribution in [0.5, 0.6) is 11.6 Å². The maximum Gasteiger partial charge on any atom is 0.265 e. The maximum atomic E-state index is 14.0. The van der Waals surface area contributed by atoms with Crippen LogP contribution in [0.25, 0.3) is 5.82 Å². The van der Waals surface area contributed by atoms with Gasteiger partial charge >= 0.3 is 0 Å². The van der Waals surface area contributed by atoms with E-state index in [2.05, 4.69) is 28.8 Å². The summed E-state index contributed by atoms with van der Waals surface area (Å²) in [5, 5.41) is 8.79. The third-order valence-corrected chi connectivity index (χ3v) is 11.8. The molecule has 1 spiro atoms. The summed E-state index contributed by atoms with van der Waals surface area (Å²) in [5.41, 5.74) is 2.05. The van der Waals surface area contributed by atoms with Gasteiger partial charge in [0, 0.05) is 42.8 Å². The Bertz CT molecular complexity index is 1810. The summed E-state index contributed by atoms with van der Waals surface area (Å²) in [6.07, 6.45) is 11.6. The van der Waals surface area contributed by atoms with Crippen LogP contribution in [0.1, 0.15) is 81.1 Å². The van der Waals surface area contributed by atoms with E-state index in [-0.39, 0.29) is 11.4 Å². The number of carbonyl (C=O) groups is 1. The van der Waals surface area contributed by atoms with Crippen molar-refractivity contribution < 1.29 is 14.3 Å². The van der Waals surface area contributed by atoms with Crippen molar-refractivity contribution >= 4 is 29.5 Å². The van der Waals surface area contributed by atoms with Gasteiger partial charge in [-0.1, -0.05) is 30.3 Å². The Kier molecular flexibility index (Phi) is 8.63. The second-order valence-corrected chi connectivity index (χ2v) is 15.5. The van der Waals surface area contributed by atoms with Crippen LogP contribution >= 0.6 is 11.9 Å². The molecule has 1 amide bonds. The molecule has 3 fully saturated rings. The minimum atomic E-state index is -0.240. The number of aromatic nitrogens is 4. The Balaban J connectivity index is 1.04. The second kappa shape index (κ2) is 13.2. The van der Waals surface area contributed by atoms with Gasteiger partial charge in [-0.05, 0) is 112 Å². The van der Waals surface area contributed by atoms with E-state index < -0.39 is 0 Å². The van der Waals surface area contributed by atoms with Gasteiger partial charge in [0.05, 0.1) is 12.2 Å². The largest absolute Gasteiger partial charge is 0.486 e. The lowest BCUT2D eigenvalue weighted by Crippen LogP contribution is -2.40. The van der Waals surface area contributed by atoms with Crippen molar-refractivity contribution in [3.8, 4) is 17.4 Å². The topological polar surface area (TPSA) is 106 Å². The highest BCUT2D eigenvalue weighted by atomic mass is 32.2. The van der Waals surface area contributed by atoms with Crippen molar-refractivity contribution in [2.75, 3.05) is 29.9 Å². The third kappa shape index (κ3) is 6.82. The molecular weight excluding hydrogens is 635 g/mol. The van der Waals surface area contributed by atoms with Crippen LogP contribution in [0.2, 0.25) is 0 Å².